The van der Waals surface area contributed by atoms with E-state index in [4.69, 9.17) is 10.5 Å². The van der Waals surface area contributed by atoms with Gasteiger partial charge < -0.3 is 19.9 Å². The molecule has 196 valence electrons. The number of nitrogens with one attached hydrogen (secondary N) is 1. The number of rotatable bonds is 20. The van der Waals surface area contributed by atoms with E-state index in [0.29, 0.717) is 30.1 Å². The van der Waals surface area contributed by atoms with Crippen LogP contribution in [0.3, 0.4) is 0 Å². The zero-order valence-electron chi connectivity index (χ0n) is 21.1. The number of fused-ring (bicyclic) bond motifs is 1. The van der Waals surface area contributed by atoms with Crippen LogP contribution >= 0.6 is 7.52 Å². The SMILES string of the molecule is CCCCC=CCC=CCCCCCCCCNP(=O)(O)COCCn1cnc2c(N)ncnc21. The molecule has 9 nitrogen and oxygen atoms in total. The monoisotopic (exact) mass is 506 g/mol. The van der Waals surface area contributed by atoms with Crippen molar-refractivity contribution in [2.75, 3.05) is 25.2 Å². The molecular weight excluding hydrogens is 463 g/mol. The highest BCUT2D eigenvalue weighted by Gasteiger charge is 2.17. The first-order chi connectivity index (χ1) is 17.0. The number of aromatic nitrogens is 4. The number of nitrogen functional groups attached to an aromatic ring is 1. The summed E-state index contributed by atoms with van der Waals surface area (Å²) in [6.07, 6.45) is 24.6. The van der Waals surface area contributed by atoms with Crippen LogP contribution in [0.4, 0.5) is 5.82 Å². The number of nitrogens with two attached hydrogens (primary N) is 1. The molecule has 0 aliphatic rings. The number of hydrogen-bond acceptors (Lipinski definition) is 6. The maximum atomic E-state index is 12.2. The number of hydrogen-bond donors (Lipinski definition) is 3. The highest BCUT2D eigenvalue weighted by Crippen LogP contribution is 2.34. The van der Waals surface area contributed by atoms with Crippen molar-refractivity contribution in [3.63, 3.8) is 0 Å². The van der Waals surface area contributed by atoms with E-state index in [1.807, 2.05) is 0 Å². The minimum absolute atomic E-state index is 0.223. The van der Waals surface area contributed by atoms with Crippen LogP contribution in [0.15, 0.2) is 37.0 Å². The minimum Gasteiger partial charge on any atom is -0.382 e. The Bertz CT molecular complexity index is 946. The summed E-state index contributed by atoms with van der Waals surface area (Å²) in [6, 6.07) is 0. The third kappa shape index (κ3) is 12.5. The van der Waals surface area contributed by atoms with Gasteiger partial charge in [0.1, 0.15) is 18.2 Å². The molecule has 0 saturated heterocycles. The van der Waals surface area contributed by atoms with E-state index < -0.39 is 7.52 Å². The van der Waals surface area contributed by atoms with Crippen molar-refractivity contribution in [3.05, 3.63) is 37.0 Å². The van der Waals surface area contributed by atoms with Gasteiger partial charge in [-0.05, 0) is 32.1 Å². The molecule has 0 radical (unpaired) electrons. The third-order valence-electron chi connectivity index (χ3n) is 5.66. The van der Waals surface area contributed by atoms with Crippen molar-refractivity contribution in [1.82, 2.24) is 24.6 Å². The number of imidazole rings is 1. The number of anilines is 1. The third-order valence-corrected chi connectivity index (χ3v) is 6.91. The minimum atomic E-state index is -3.50. The van der Waals surface area contributed by atoms with Crippen molar-refractivity contribution in [2.45, 2.75) is 84.1 Å². The fourth-order valence-corrected chi connectivity index (χ4v) is 4.61. The Hall–Kier alpha value is -2.06. The largest absolute Gasteiger partial charge is 0.382 e. The lowest BCUT2D eigenvalue weighted by Gasteiger charge is -2.13. The number of nitrogens with zero attached hydrogens (tertiary/aromatic N) is 4. The molecule has 0 amide bonds. The van der Waals surface area contributed by atoms with Crippen LogP contribution in [0, 0.1) is 0 Å². The molecule has 2 heterocycles. The Morgan fingerprint density at radius 3 is 2.51 bits per heavy atom. The molecule has 0 fully saturated rings. The summed E-state index contributed by atoms with van der Waals surface area (Å²) in [5, 5.41) is 2.75. The highest BCUT2D eigenvalue weighted by atomic mass is 31.2. The molecule has 0 saturated carbocycles. The summed E-state index contributed by atoms with van der Waals surface area (Å²) in [4.78, 5) is 22.3. The van der Waals surface area contributed by atoms with Gasteiger partial charge in [0.05, 0.1) is 12.9 Å². The highest BCUT2D eigenvalue weighted by molar-refractivity contribution is 7.55. The van der Waals surface area contributed by atoms with Crippen molar-refractivity contribution in [3.8, 4) is 0 Å². The maximum absolute atomic E-state index is 12.2. The molecule has 0 aliphatic heterocycles. The molecule has 0 bridgehead atoms. The lowest BCUT2D eigenvalue weighted by atomic mass is 10.1. The second kappa shape index (κ2) is 17.4. The summed E-state index contributed by atoms with van der Waals surface area (Å²) < 4.78 is 19.4. The van der Waals surface area contributed by atoms with Gasteiger partial charge in [-0.25, -0.2) is 20.0 Å². The number of allylic oxidation sites excluding steroid dienone is 4. The topological polar surface area (TPSA) is 128 Å². The van der Waals surface area contributed by atoms with Crippen LogP contribution in [-0.4, -0.2) is 43.9 Å². The van der Waals surface area contributed by atoms with Crippen LogP contribution in [0.2, 0.25) is 0 Å². The van der Waals surface area contributed by atoms with Gasteiger partial charge in [-0.1, -0.05) is 69.8 Å². The van der Waals surface area contributed by atoms with Crippen molar-refractivity contribution in [1.29, 1.82) is 0 Å². The van der Waals surface area contributed by atoms with E-state index in [1.165, 1.54) is 44.9 Å². The fourth-order valence-electron chi connectivity index (χ4n) is 3.64. The first kappa shape index (κ1) is 29.2. The lowest BCUT2D eigenvalue weighted by molar-refractivity contribution is 0.158. The van der Waals surface area contributed by atoms with E-state index in [9.17, 15) is 9.46 Å². The summed E-state index contributed by atoms with van der Waals surface area (Å²) in [5.41, 5.74) is 6.93. The Morgan fingerprint density at radius 1 is 1.03 bits per heavy atom. The quantitative estimate of drug-likeness (QED) is 0.121. The van der Waals surface area contributed by atoms with E-state index in [0.717, 1.165) is 32.1 Å². The molecule has 35 heavy (non-hydrogen) atoms. The fraction of sp³-hybridized carbons (Fsp3) is 0.640. The molecule has 2 aromatic rings. The molecule has 1 atom stereocenters. The predicted molar refractivity (Wildman–Crippen MR) is 143 cm³/mol. The molecule has 2 aromatic heterocycles. The Labute approximate surface area is 209 Å². The van der Waals surface area contributed by atoms with Gasteiger partial charge in [-0.2, -0.15) is 0 Å². The second-order valence-electron chi connectivity index (χ2n) is 8.75. The van der Waals surface area contributed by atoms with Gasteiger partial charge in [0, 0.05) is 13.1 Å². The summed E-state index contributed by atoms with van der Waals surface area (Å²) in [6.45, 7) is 3.47. The van der Waals surface area contributed by atoms with Gasteiger partial charge in [0.25, 0.3) is 7.52 Å². The van der Waals surface area contributed by atoms with Gasteiger partial charge in [-0.15, -0.1) is 0 Å². The molecule has 1 unspecified atom stereocenters. The molecule has 2 rings (SSSR count). The maximum Gasteiger partial charge on any atom is 0.292 e. The first-order valence-electron chi connectivity index (χ1n) is 12.9. The smallest absolute Gasteiger partial charge is 0.292 e. The average molecular weight is 507 g/mol. The van der Waals surface area contributed by atoms with Crippen molar-refractivity contribution < 1.29 is 14.2 Å². The van der Waals surface area contributed by atoms with Gasteiger partial charge >= 0.3 is 0 Å². The second-order valence-corrected chi connectivity index (χ2v) is 10.7. The van der Waals surface area contributed by atoms with Gasteiger partial charge in [0.2, 0.25) is 0 Å². The molecule has 0 aromatic carbocycles. The normalized spacial score (nSPS) is 13.9. The average Bonchev–Trinajstić information content (AvgIpc) is 3.26. The summed E-state index contributed by atoms with van der Waals surface area (Å²) in [7, 11) is -3.50. The zero-order valence-corrected chi connectivity index (χ0v) is 22.0. The molecule has 0 aliphatic carbocycles. The molecule has 10 heteroatoms. The van der Waals surface area contributed by atoms with Crippen LogP contribution < -0.4 is 10.8 Å². The van der Waals surface area contributed by atoms with Crippen molar-refractivity contribution in [2.24, 2.45) is 0 Å². The van der Waals surface area contributed by atoms with Crippen molar-refractivity contribution >= 4 is 24.5 Å². The number of unbranched alkanes of at least 4 members (excludes halogenated alkanes) is 8. The van der Waals surface area contributed by atoms with E-state index in [-0.39, 0.29) is 13.0 Å². The number of ether oxygens (including phenoxy) is 1. The van der Waals surface area contributed by atoms with E-state index >= 15 is 0 Å². The summed E-state index contributed by atoms with van der Waals surface area (Å²) >= 11 is 0. The predicted octanol–water partition coefficient (Wildman–Crippen LogP) is 5.58. The van der Waals surface area contributed by atoms with Crippen LogP contribution in [0.25, 0.3) is 11.2 Å². The van der Waals surface area contributed by atoms with Crippen LogP contribution in [0.5, 0.6) is 0 Å². The van der Waals surface area contributed by atoms with Crippen LogP contribution in [-0.2, 0) is 15.8 Å². The van der Waals surface area contributed by atoms with Gasteiger partial charge in [0.15, 0.2) is 11.5 Å². The Kier molecular flexibility index (Phi) is 14.5. The molecule has 0 spiro atoms. The van der Waals surface area contributed by atoms with Gasteiger partial charge in [-0.3, -0.25) is 4.57 Å². The zero-order chi connectivity index (χ0) is 25.2. The first-order valence-corrected chi connectivity index (χ1v) is 14.7. The molecular formula is C25H43N6O3P. The Morgan fingerprint density at radius 2 is 1.74 bits per heavy atom. The lowest BCUT2D eigenvalue weighted by Crippen LogP contribution is -2.16. The molecule has 4 N–H and O–H groups in total. The summed E-state index contributed by atoms with van der Waals surface area (Å²) in [5.74, 6) is 0.326. The van der Waals surface area contributed by atoms with E-state index in [1.54, 1.807) is 10.9 Å². The van der Waals surface area contributed by atoms with E-state index in [2.05, 4.69) is 51.3 Å². The standard InChI is InChI=1S/C25H43N6O3P/c1-2-3-4-5-6-7-8-9-10-11-12-13-14-15-16-17-30-35(32,33)22-34-19-18-31-21-29-23-24(26)27-20-28-25(23)31/h5-6,8-9,20-21H,2-4,7,10-19,22H2,1H3,(H2,26,27,28)(H2,30,32,33). The Balaban J connectivity index is 1.43. The van der Waals surface area contributed by atoms with Crippen LogP contribution in [0.1, 0.15) is 77.6 Å².